The molecule has 1 heterocycles. The van der Waals surface area contributed by atoms with E-state index in [-0.39, 0.29) is 5.82 Å². The fourth-order valence-electron chi connectivity index (χ4n) is 2.21. The fraction of sp³-hybridized carbons (Fsp3) is 0.538. The second-order valence-electron chi connectivity index (χ2n) is 4.40. The number of hydrogen-bond donors (Lipinski definition) is 0. The van der Waals surface area contributed by atoms with Crippen molar-refractivity contribution in [3.63, 3.8) is 0 Å². The van der Waals surface area contributed by atoms with E-state index in [9.17, 15) is 4.39 Å². The molecule has 2 rings (SSSR count). The maximum atomic E-state index is 13.3. The molecule has 0 atom stereocenters. The summed E-state index contributed by atoms with van der Waals surface area (Å²) in [6.07, 6.45) is 5.21. The van der Waals surface area contributed by atoms with Gasteiger partial charge >= 0.3 is 0 Å². The molecule has 1 aromatic carbocycles. The summed E-state index contributed by atoms with van der Waals surface area (Å²) in [6.45, 7) is 3.14. The highest BCUT2D eigenvalue weighted by Gasteiger charge is 2.12. The lowest BCUT2D eigenvalue weighted by molar-refractivity contribution is 0.276. The molecule has 1 aromatic rings. The molecule has 0 unspecified atom stereocenters. The zero-order valence-electron chi connectivity index (χ0n) is 9.38. The minimum absolute atomic E-state index is 0.160. The zero-order valence-corrected chi connectivity index (χ0v) is 11.0. The van der Waals surface area contributed by atoms with Crippen molar-refractivity contribution in [3.8, 4) is 0 Å². The molecule has 1 nitrogen and oxygen atoms in total. The molecule has 0 saturated carbocycles. The Kier molecular flexibility index (Phi) is 4.36. The highest BCUT2D eigenvalue weighted by Crippen LogP contribution is 2.22. The maximum absolute atomic E-state index is 13.3. The normalized spacial score (nSPS) is 18.4. The molecule has 1 aliphatic heterocycles. The van der Waals surface area contributed by atoms with Crippen molar-refractivity contribution >= 4 is 15.9 Å². The van der Waals surface area contributed by atoms with E-state index in [1.165, 1.54) is 31.7 Å². The van der Waals surface area contributed by atoms with Gasteiger partial charge in [-0.1, -0.05) is 25.0 Å². The molecular weight excluding hydrogens is 269 g/mol. The lowest BCUT2D eigenvalue weighted by Gasteiger charge is -2.20. The van der Waals surface area contributed by atoms with Crippen LogP contribution in [0.5, 0.6) is 0 Å². The third-order valence-electron chi connectivity index (χ3n) is 3.12. The number of rotatable bonds is 2. The van der Waals surface area contributed by atoms with E-state index >= 15 is 0 Å². The number of benzene rings is 1. The van der Waals surface area contributed by atoms with Crippen LogP contribution in [0.15, 0.2) is 22.7 Å². The number of halogens is 2. The lowest BCUT2D eigenvalue weighted by atomic mass is 10.2. The van der Waals surface area contributed by atoms with Crippen LogP contribution in [0.4, 0.5) is 4.39 Å². The molecule has 0 aliphatic carbocycles. The summed E-state index contributed by atoms with van der Waals surface area (Å²) < 4.78 is 14.0. The first kappa shape index (κ1) is 12.1. The van der Waals surface area contributed by atoms with E-state index in [1.807, 2.05) is 6.07 Å². The minimum atomic E-state index is -0.160. The van der Waals surface area contributed by atoms with Crippen molar-refractivity contribution in [2.45, 2.75) is 32.2 Å². The van der Waals surface area contributed by atoms with Crippen LogP contribution in [-0.2, 0) is 6.54 Å². The van der Waals surface area contributed by atoms with E-state index in [4.69, 9.17) is 0 Å². The summed E-state index contributed by atoms with van der Waals surface area (Å²) in [5.74, 6) is -0.160. The maximum Gasteiger partial charge on any atom is 0.137 e. The molecule has 88 valence electrons. The van der Waals surface area contributed by atoms with Crippen molar-refractivity contribution in [2.75, 3.05) is 13.1 Å². The van der Waals surface area contributed by atoms with E-state index in [0.29, 0.717) is 4.47 Å². The van der Waals surface area contributed by atoms with Gasteiger partial charge in [-0.2, -0.15) is 0 Å². The van der Waals surface area contributed by atoms with Crippen molar-refractivity contribution in [2.24, 2.45) is 0 Å². The summed E-state index contributed by atoms with van der Waals surface area (Å²) in [6, 6.07) is 5.28. The van der Waals surface area contributed by atoms with Gasteiger partial charge in [0.2, 0.25) is 0 Å². The Morgan fingerprint density at radius 2 is 1.81 bits per heavy atom. The summed E-state index contributed by atoms with van der Waals surface area (Å²) in [4.78, 5) is 2.42. The van der Waals surface area contributed by atoms with Crippen molar-refractivity contribution in [3.05, 3.63) is 34.1 Å². The molecular formula is C13H17BrFN. The first-order valence-corrected chi connectivity index (χ1v) is 6.72. The minimum Gasteiger partial charge on any atom is -0.299 e. The summed E-state index contributed by atoms with van der Waals surface area (Å²) in [7, 11) is 0. The Bertz CT molecular complexity index is 346. The van der Waals surface area contributed by atoms with Gasteiger partial charge in [-0.05, 0) is 53.5 Å². The molecule has 0 aromatic heterocycles. The van der Waals surface area contributed by atoms with Gasteiger partial charge in [0.25, 0.3) is 0 Å². The fourth-order valence-corrected chi connectivity index (χ4v) is 2.60. The second kappa shape index (κ2) is 5.78. The van der Waals surface area contributed by atoms with Gasteiger partial charge in [0.1, 0.15) is 5.82 Å². The van der Waals surface area contributed by atoms with E-state index in [1.54, 1.807) is 6.07 Å². The van der Waals surface area contributed by atoms with E-state index < -0.39 is 0 Å². The highest BCUT2D eigenvalue weighted by atomic mass is 79.9. The van der Waals surface area contributed by atoms with Gasteiger partial charge in [-0.15, -0.1) is 0 Å². The van der Waals surface area contributed by atoms with Crippen LogP contribution in [0.25, 0.3) is 0 Å². The van der Waals surface area contributed by atoms with Crippen molar-refractivity contribution in [1.29, 1.82) is 0 Å². The average molecular weight is 286 g/mol. The van der Waals surface area contributed by atoms with Gasteiger partial charge in [0, 0.05) is 6.54 Å². The smallest absolute Gasteiger partial charge is 0.137 e. The Balaban J connectivity index is 2.04. The Labute approximate surface area is 105 Å². The molecule has 1 fully saturated rings. The van der Waals surface area contributed by atoms with Crippen LogP contribution >= 0.6 is 15.9 Å². The van der Waals surface area contributed by atoms with Crippen LogP contribution in [0.2, 0.25) is 0 Å². The molecule has 1 saturated heterocycles. The third-order valence-corrected chi connectivity index (χ3v) is 4.01. The Morgan fingerprint density at radius 1 is 1.12 bits per heavy atom. The predicted molar refractivity (Wildman–Crippen MR) is 67.8 cm³/mol. The average Bonchev–Trinajstić information content (AvgIpc) is 2.53. The van der Waals surface area contributed by atoms with Crippen LogP contribution in [0.1, 0.15) is 31.2 Å². The lowest BCUT2D eigenvalue weighted by Crippen LogP contribution is -2.24. The first-order valence-electron chi connectivity index (χ1n) is 5.92. The molecule has 0 amide bonds. The quantitative estimate of drug-likeness (QED) is 0.795. The van der Waals surface area contributed by atoms with Gasteiger partial charge in [0.05, 0.1) is 4.47 Å². The Hall–Kier alpha value is -0.410. The highest BCUT2D eigenvalue weighted by molar-refractivity contribution is 9.10. The summed E-state index contributed by atoms with van der Waals surface area (Å²) >= 11 is 3.32. The van der Waals surface area contributed by atoms with Crippen molar-refractivity contribution < 1.29 is 4.39 Å². The summed E-state index contributed by atoms with van der Waals surface area (Å²) in [5.41, 5.74) is 1.06. The molecule has 0 radical (unpaired) electrons. The molecule has 0 bridgehead atoms. The molecule has 3 heteroatoms. The standard InChI is InChI=1S/C13H17BrFN/c14-13-11(6-5-7-12(13)15)10-16-8-3-1-2-4-9-16/h5-7H,1-4,8-10H2. The number of likely N-dealkylation sites (tertiary alicyclic amines) is 1. The zero-order chi connectivity index (χ0) is 11.4. The number of nitrogens with zero attached hydrogens (tertiary/aromatic N) is 1. The molecule has 0 spiro atoms. The summed E-state index contributed by atoms with van der Waals surface area (Å²) in [5, 5.41) is 0. The van der Waals surface area contributed by atoms with Crippen LogP contribution in [-0.4, -0.2) is 18.0 Å². The third kappa shape index (κ3) is 3.05. The van der Waals surface area contributed by atoms with Gasteiger partial charge in [-0.3, -0.25) is 4.90 Å². The molecule has 1 aliphatic rings. The van der Waals surface area contributed by atoms with E-state index in [2.05, 4.69) is 20.8 Å². The first-order chi connectivity index (χ1) is 7.77. The topological polar surface area (TPSA) is 3.24 Å². The SMILES string of the molecule is Fc1cccc(CN2CCCCCC2)c1Br. The second-order valence-corrected chi connectivity index (χ2v) is 5.20. The van der Waals surface area contributed by atoms with Crippen LogP contribution in [0, 0.1) is 5.82 Å². The van der Waals surface area contributed by atoms with Gasteiger partial charge in [-0.25, -0.2) is 4.39 Å². The number of hydrogen-bond acceptors (Lipinski definition) is 1. The van der Waals surface area contributed by atoms with E-state index in [0.717, 1.165) is 25.2 Å². The van der Waals surface area contributed by atoms with Crippen LogP contribution in [0.3, 0.4) is 0 Å². The predicted octanol–water partition coefficient (Wildman–Crippen LogP) is 3.96. The van der Waals surface area contributed by atoms with Crippen molar-refractivity contribution in [1.82, 2.24) is 4.90 Å². The monoisotopic (exact) mass is 285 g/mol. The molecule has 16 heavy (non-hydrogen) atoms. The Morgan fingerprint density at radius 3 is 2.50 bits per heavy atom. The molecule has 0 N–H and O–H groups in total. The van der Waals surface area contributed by atoms with Crippen LogP contribution < -0.4 is 0 Å². The largest absolute Gasteiger partial charge is 0.299 e. The van der Waals surface area contributed by atoms with Gasteiger partial charge in [0.15, 0.2) is 0 Å². The van der Waals surface area contributed by atoms with Gasteiger partial charge < -0.3 is 0 Å².